The first-order valence-electron chi connectivity index (χ1n) is 10.9. The highest BCUT2D eigenvalue weighted by atomic mass is 35.5. The fourth-order valence-electron chi connectivity index (χ4n) is 3.95. The third-order valence-corrected chi connectivity index (χ3v) is 5.91. The number of carbonyl (C=O) groups is 4. The molecule has 2 N–H and O–H groups in total. The van der Waals surface area contributed by atoms with Crippen LogP contribution >= 0.6 is 11.6 Å². The molecule has 1 unspecified atom stereocenters. The van der Waals surface area contributed by atoms with E-state index in [1.165, 1.54) is 0 Å². The highest BCUT2D eigenvalue weighted by Gasteiger charge is 2.45. The van der Waals surface area contributed by atoms with Crippen LogP contribution < -0.4 is 15.4 Å². The quantitative estimate of drug-likeness (QED) is 0.414. The molecule has 34 heavy (non-hydrogen) atoms. The molecule has 2 aromatic rings. The van der Waals surface area contributed by atoms with Crippen molar-refractivity contribution in [1.29, 1.82) is 0 Å². The van der Waals surface area contributed by atoms with Crippen LogP contribution in [0.25, 0.3) is 0 Å². The Morgan fingerprint density at radius 1 is 1.09 bits per heavy atom. The average Bonchev–Trinajstić information content (AvgIpc) is 3.06. The average molecular weight is 486 g/mol. The fourth-order valence-corrected chi connectivity index (χ4v) is 4.13. The van der Waals surface area contributed by atoms with Gasteiger partial charge < -0.3 is 14.8 Å². The Labute approximate surface area is 201 Å². The van der Waals surface area contributed by atoms with Crippen molar-refractivity contribution < 1.29 is 28.7 Å². The number of nitrogens with one attached hydrogen (secondary N) is 2. The van der Waals surface area contributed by atoms with Crippen LogP contribution in [0.5, 0.6) is 5.75 Å². The summed E-state index contributed by atoms with van der Waals surface area (Å²) in [7, 11) is 0. The Hall–Kier alpha value is -3.43. The number of fused-ring (bicyclic) bond motifs is 1. The lowest BCUT2D eigenvalue weighted by molar-refractivity contribution is -0.136. The number of carbonyl (C=O) groups excluding carboxylic acids is 4. The summed E-state index contributed by atoms with van der Waals surface area (Å²) in [5.41, 5.74) is 1.97. The number of aryl methyl sites for hydroxylation is 1. The Morgan fingerprint density at radius 2 is 1.91 bits per heavy atom. The van der Waals surface area contributed by atoms with Gasteiger partial charge in [0, 0.05) is 18.7 Å². The van der Waals surface area contributed by atoms with Crippen LogP contribution in [0.4, 0.5) is 5.69 Å². The molecule has 0 aliphatic carbocycles. The molecule has 10 heteroatoms. The smallest absolute Gasteiger partial charge is 0.264 e. The first kappa shape index (κ1) is 23.7. The maximum absolute atomic E-state index is 13.1. The molecule has 0 spiro atoms. The first-order chi connectivity index (χ1) is 16.4. The van der Waals surface area contributed by atoms with Crippen LogP contribution in [0.3, 0.4) is 0 Å². The van der Waals surface area contributed by atoms with Gasteiger partial charge in [0.15, 0.2) is 0 Å². The van der Waals surface area contributed by atoms with Crippen molar-refractivity contribution in [2.24, 2.45) is 0 Å². The molecule has 0 bridgehead atoms. The molecule has 1 fully saturated rings. The van der Waals surface area contributed by atoms with E-state index < -0.39 is 29.7 Å². The third-order valence-electron chi connectivity index (χ3n) is 5.60. The van der Waals surface area contributed by atoms with E-state index in [-0.39, 0.29) is 24.0 Å². The lowest BCUT2D eigenvalue weighted by Gasteiger charge is -2.27. The summed E-state index contributed by atoms with van der Waals surface area (Å²) < 4.78 is 11.2. The summed E-state index contributed by atoms with van der Waals surface area (Å²) in [5, 5.41) is 5.85. The van der Waals surface area contributed by atoms with E-state index in [2.05, 4.69) is 10.6 Å². The fraction of sp³-hybridized carbons (Fsp3) is 0.333. The SMILES string of the molecule is Cc1ccc(Cl)c(OCCOCCNc2cccc3c2C(=O)N(C2CCC(=O)NC2=O)C3=O)c1. The van der Waals surface area contributed by atoms with Gasteiger partial charge in [-0.05, 0) is 43.2 Å². The van der Waals surface area contributed by atoms with Gasteiger partial charge in [-0.1, -0.05) is 23.7 Å². The molecule has 4 amide bonds. The third kappa shape index (κ3) is 4.90. The minimum Gasteiger partial charge on any atom is -0.490 e. The van der Waals surface area contributed by atoms with E-state index in [0.717, 1.165) is 10.5 Å². The molecule has 9 nitrogen and oxygen atoms in total. The molecule has 2 aromatic carbocycles. The standard InChI is InChI=1S/C24H24ClN3O6/c1-14-5-6-16(25)19(13-14)34-12-11-33-10-9-26-17-4-2-3-15-21(17)24(32)28(23(15)31)18-7-8-20(29)27-22(18)30/h2-6,13,18,26H,7-12H2,1H3,(H,27,29,30). The number of hydrogen-bond donors (Lipinski definition) is 2. The van der Waals surface area contributed by atoms with Crippen LogP contribution in [-0.4, -0.2) is 60.9 Å². The minimum absolute atomic E-state index is 0.0755. The summed E-state index contributed by atoms with van der Waals surface area (Å²) >= 11 is 6.10. The monoisotopic (exact) mass is 485 g/mol. The van der Waals surface area contributed by atoms with Crippen LogP contribution in [0, 0.1) is 6.92 Å². The van der Waals surface area contributed by atoms with Gasteiger partial charge >= 0.3 is 0 Å². The molecule has 1 atom stereocenters. The van der Waals surface area contributed by atoms with Crippen molar-refractivity contribution in [3.63, 3.8) is 0 Å². The van der Waals surface area contributed by atoms with Gasteiger partial charge in [0.1, 0.15) is 18.4 Å². The Bertz CT molecular complexity index is 1150. The number of hydrogen-bond acceptors (Lipinski definition) is 7. The predicted molar refractivity (Wildman–Crippen MR) is 124 cm³/mol. The maximum atomic E-state index is 13.1. The summed E-state index contributed by atoms with van der Waals surface area (Å²) in [4.78, 5) is 50.5. The lowest BCUT2D eigenvalue weighted by atomic mass is 10.0. The Kier molecular flexibility index (Phi) is 7.14. The largest absolute Gasteiger partial charge is 0.490 e. The molecule has 1 saturated heterocycles. The summed E-state index contributed by atoms with van der Waals surface area (Å²) in [6.45, 7) is 3.36. The first-order valence-corrected chi connectivity index (χ1v) is 11.3. The van der Waals surface area contributed by atoms with E-state index in [0.29, 0.717) is 42.8 Å². The molecular weight excluding hydrogens is 462 g/mol. The number of ether oxygens (including phenoxy) is 2. The van der Waals surface area contributed by atoms with Crippen LogP contribution in [0.2, 0.25) is 5.02 Å². The number of piperidine rings is 1. The topological polar surface area (TPSA) is 114 Å². The molecule has 4 rings (SSSR count). The second kappa shape index (κ2) is 10.2. The van der Waals surface area contributed by atoms with Crippen molar-refractivity contribution >= 4 is 40.9 Å². The van der Waals surface area contributed by atoms with Crippen molar-refractivity contribution in [3.8, 4) is 5.75 Å². The molecule has 0 radical (unpaired) electrons. The second-order valence-electron chi connectivity index (χ2n) is 8.00. The molecule has 2 aliphatic rings. The van der Waals surface area contributed by atoms with Crippen molar-refractivity contribution in [2.75, 3.05) is 31.7 Å². The van der Waals surface area contributed by atoms with Crippen LogP contribution in [0.15, 0.2) is 36.4 Å². The minimum atomic E-state index is -0.997. The van der Waals surface area contributed by atoms with Gasteiger partial charge in [-0.15, -0.1) is 0 Å². The molecule has 0 aromatic heterocycles. The lowest BCUT2D eigenvalue weighted by Crippen LogP contribution is -2.54. The van der Waals surface area contributed by atoms with E-state index >= 15 is 0 Å². The zero-order valence-electron chi connectivity index (χ0n) is 18.6. The number of benzene rings is 2. The second-order valence-corrected chi connectivity index (χ2v) is 8.40. The van der Waals surface area contributed by atoms with Gasteiger partial charge in [-0.3, -0.25) is 29.4 Å². The highest BCUT2D eigenvalue weighted by Crippen LogP contribution is 2.32. The van der Waals surface area contributed by atoms with E-state index in [9.17, 15) is 19.2 Å². The number of rotatable bonds is 9. The number of nitrogens with zero attached hydrogens (tertiary/aromatic N) is 1. The van der Waals surface area contributed by atoms with Crippen molar-refractivity contribution in [2.45, 2.75) is 25.8 Å². The number of amides is 4. The Balaban J connectivity index is 1.29. The van der Waals surface area contributed by atoms with Crippen LogP contribution in [-0.2, 0) is 14.3 Å². The van der Waals surface area contributed by atoms with Crippen molar-refractivity contribution in [3.05, 3.63) is 58.1 Å². The zero-order valence-corrected chi connectivity index (χ0v) is 19.3. The molecular formula is C24H24ClN3O6. The van der Waals surface area contributed by atoms with E-state index in [1.807, 2.05) is 19.1 Å². The normalized spacial score (nSPS) is 17.6. The van der Waals surface area contributed by atoms with Gasteiger partial charge in [0.2, 0.25) is 11.8 Å². The van der Waals surface area contributed by atoms with Gasteiger partial charge in [-0.25, -0.2) is 0 Å². The van der Waals surface area contributed by atoms with Gasteiger partial charge in [0.25, 0.3) is 11.8 Å². The summed E-state index contributed by atoms with van der Waals surface area (Å²) in [5.74, 6) is -1.54. The molecule has 0 saturated carbocycles. The maximum Gasteiger partial charge on any atom is 0.264 e. The van der Waals surface area contributed by atoms with Gasteiger partial charge in [0.05, 0.1) is 29.4 Å². The molecule has 2 aliphatic heterocycles. The molecule has 2 heterocycles. The van der Waals surface area contributed by atoms with Crippen molar-refractivity contribution in [1.82, 2.24) is 10.2 Å². The summed E-state index contributed by atoms with van der Waals surface area (Å²) in [6.07, 6.45) is 0.189. The molecule has 178 valence electrons. The van der Waals surface area contributed by atoms with Crippen LogP contribution in [0.1, 0.15) is 39.1 Å². The number of imide groups is 2. The number of anilines is 1. The summed E-state index contributed by atoms with van der Waals surface area (Å²) in [6, 6.07) is 9.46. The zero-order chi connectivity index (χ0) is 24.2. The number of halogens is 1. The highest BCUT2D eigenvalue weighted by molar-refractivity contribution is 6.32. The van der Waals surface area contributed by atoms with E-state index in [4.69, 9.17) is 21.1 Å². The van der Waals surface area contributed by atoms with Gasteiger partial charge in [-0.2, -0.15) is 0 Å². The predicted octanol–water partition coefficient (Wildman–Crippen LogP) is 2.56. The Morgan fingerprint density at radius 3 is 2.71 bits per heavy atom. The van der Waals surface area contributed by atoms with E-state index in [1.54, 1.807) is 24.3 Å².